The number of allylic oxidation sites excluding steroid dienone is 1. The molecule has 1 aromatic carbocycles. The molecule has 0 amide bonds. The van der Waals surface area contributed by atoms with E-state index in [9.17, 15) is 22.8 Å². The largest absolute Gasteiger partial charge is 0.462 e. The maximum atomic E-state index is 13.1. The van der Waals surface area contributed by atoms with Crippen LogP contribution < -0.4 is 0 Å². The van der Waals surface area contributed by atoms with Crippen molar-refractivity contribution in [2.75, 3.05) is 0 Å². The Kier molecular flexibility index (Phi) is 6.28. The molecule has 4 nitrogen and oxygen atoms in total. The lowest BCUT2D eigenvalue weighted by atomic mass is 9.56. The van der Waals surface area contributed by atoms with Crippen molar-refractivity contribution in [2.45, 2.75) is 44.9 Å². The number of fused-ring (bicyclic) bond motifs is 2. The molecule has 2 aromatic rings. The summed E-state index contributed by atoms with van der Waals surface area (Å²) in [7, 11) is 0. The second kappa shape index (κ2) is 9.25. The molecule has 1 aliphatic heterocycles. The Morgan fingerprint density at radius 3 is 2.63 bits per heavy atom. The van der Waals surface area contributed by atoms with E-state index in [-0.39, 0.29) is 35.7 Å². The fourth-order valence-corrected chi connectivity index (χ4v) is 6.54. The Balaban J connectivity index is 1.38. The fraction of sp³-hybridized carbons (Fsp3) is 0.464. The Morgan fingerprint density at radius 2 is 1.91 bits per heavy atom. The van der Waals surface area contributed by atoms with Gasteiger partial charge in [0, 0.05) is 23.6 Å². The maximum Gasteiger partial charge on any atom is 0.416 e. The topological polar surface area (TPSA) is 56.3 Å². The molecule has 0 radical (unpaired) electrons. The van der Waals surface area contributed by atoms with Crippen molar-refractivity contribution in [1.82, 2.24) is 4.98 Å². The SMILES string of the molecule is C[C@H]1OC(=O)C2C[C@@H]3C[C@H](C=O)CC[C@H]3[C@H](/C=C/c3ccc(-c4cccc(C(F)(F)F)c4)cn3)[C@@H]21. The van der Waals surface area contributed by atoms with E-state index in [2.05, 4.69) is 11.1 Å². The van der Waals surface area contributed by atoms with Crippen molar-refractivity contribution in [3.05, 3.63) is 59.9 Å². The molecule has 35 heavy (non-hydrogen) atoms. The number of ether oxygens (including phenoxy) is 1. The second-order valence-corrected chi connectivity index (χ2v) is 10.2. The summed E-state index contributed by atoms with van der Waals surface area (Å²) < 4.78 is 44.8. The number of aromatic nitrogens is 1. The van der Waals surface area contributed by atoms with Crippen LogP contribution in [0.5, 0.6) is 0 Å². The highest BCUT2D eigenvalue weighted by Crippen LogP contribution is 2.54. The number of benzene rings is 1. The highest BCUT2D eigenvalue weighted by molar-refractivity contribution is 5.75. The normalized spacial score (nSPS) is 32.7. The van der Waals surface area contributed by atoms with E-state index in [0.29, 0.717) is 28.7 Å². The number of hydrogen-bond donors (Lipinski definition) is 0. The molecule has 0 bridgehead atoms. The fourth-order valence-electron chi connectivity index (χ4n) is 6.54. The lowest BCUT2D eigenvalue weighted by molar-refractivity contribution is -0.144. The number of esters is 1. The average Bonchev–Trinajstić information content (AvgIpc) is 3.14. The Labute approximate surface area is 202 Å². The standard InChI is InChI=1S/C28H28F3NO3/c1-16-26-24(23-9-5-17(15-33)11-20(23)13-25(26)27(34)35-16)10-8-22-7-6-19(14-32-22)18-3-2-4-21(12-18)28(29,30)31/h2-4,6-8,10,12,14-17,20,23-26H,5,9,11,13H2,1H3/b10-8+/t16-,17-,20+,23-,24+,25?,26+/m1/s1. The van der Waals surface area contributed by atoms with Crippen LogP contribution in [0.3, 0.4) is 0 Å². The van der Waals surface area contributed by atoms with Crippen LogP contribution in [0.25, 0.3) is 17.2 Å². The van der Waals surface area contributed by atoms with E-state index in [1.165, 1.54) is 6.07 Å². The summed E-state index contributed by atoms with van der Waals surface area (Å²) in [4.78, 5) is 28.4. The number of carbonyl (C=O) groups excluding carboxylic acids is 2. The summed E-state index contributed by atoms with van der Waals surface area (Å²) in [5, 5.41) is 0. The molecule has 2 aliphatic carbocycles. The minimum atomic E-state index is -4.39. The van der Waals surface area contributed by atoms with Gasteiger partial charge in [-0.15, -0.1) is 0 Å². The lowest BCUT2D eigenvalue weighted by Crippen LogP contribution is -2.44. The smallest absolute Gasteiger partial charge is 0.416 e. The zero-order valence-electron chi connectivity index (χ0n) is 19.4. The summed E-state index contributed by atoms with van der Waals surface area (Å²) in [6, 6.07) is 8.79. The van der Waals surface area contributed by atoms with Crippen LogP contribution in [0.1, 0.15) is 43.9 Å². The van der Waals surface area contributed by atoms with Crippen LogP contribution in [-0.4, -0.2) is 23.3 Å². The number of aldehydes is 1. The first-order valence-corrected chi connectivity index (χ1v) is 12.2. The lowest BCUT2D eigenvalue weighted by Gasteiger charge is -2.46. The van der Waals surface area contributed by atoms with Gasteiger partial charge >= 0.3 is 12.1 Å². The number of rotatable bonds is 4. The van der Waals surface area contributed by atoms with Gasteiger partial charge < -0.3 is 9.53 Å². The molecule has 0 N–H and O–H groups in total. The number of nitrogens with zero attached hydrogens (tertiary/aromatic N) is 1. The second-order valence-electron chi connectivity index (χ2n) is 10.2. The third-order valence-electron chi connectivity index (χ3n) is 8.18. The zero-order chi connectivity index (χ0) is 24.7. The number of hydrogen-bond acceptors (Lipinski definition) is 4. The van der Waals surface area contributed by atoms with Crippen molar-refractivity contribution in [2.24, 2.45) is 35.5 Å². The van der Waals surface area contributed by atoms with Gasteiger partial charge in [0.1, 0.15) is 12.4 Å². The molecular formula is C28H28F3NO3. The van der Waals surface area contributed by atoms with Gasteiger partial charge in [0.2, 0.25) is 0 Å². The van der Waals surface area contributed by atoms with Crippen molar-refractivity contribution >= 4 is 18.3 Å². The molecule has 1 saturated heterocycles. The maximum absolute atomic E-state index is 13.1. The molecule has 2 saturated carbocycles. The predicted octanol–water partition coefficient (Wildman–Crippen LogP) is 6.21. The molecule has 2 heterocycles. The van der Waals surface area contributed by atoms with Gasteiger partial charge in [0.25, 0.3) is 0 Å². The van der Waals surface area contributed by atoms with Crippen molar-refractivity contribution in [3.8, 4) is 11.1 Å². The Bertz CT molecular complexity index is 1130. The first kappa shape index (κ1) is 23.8. The van der Waals surface area contributed by atoms with Gasteiger partial charge in [-0.2, -0.15) is 13.2 Å². The van der Waals surface area contributed by atoms with Crippen LogP contribution in [-0.2, 0) is 20.5 Å². The summed E-state index contributed by atoms with van der Waals surface area (Å²) in [6.07, 6.45) is 5.62. The van der Waals surface area contributed by atoms with Gasteiger partial charge in [-0.05, 0) is 80.2 Å². The van der Waals surface area contributed by atoms with E-state index < -0.39 is 11.7 Å². The number of carbonyl (C=O) groups is 2. The van der Waals surface area contributed by atoms with Crippen molar-refractivity contribution < 1.29 is 27.5 Å². The molecule has 1 unspecified atom stereocenters. The summed E-state index contributed by atoms with van der Waals surface area (Å²) >= 11 is 0. The molecule has 5 rings (SSSR count). The van der Waals surface area contributed by atoms with Gasteiger partial charge in [0.15, 0.2) is 0 Å². The molecular weight excluding hydrogens is 455 g/mol. The van der Waals surface area contributed by atoms with E-state index in [1.807, 2.05) is 13.0 Å². The highest BCUT2D eigenvalue weighted by atomic mass is 19.4. The first-order valence-electron chi connectivity index (χ1n) is 12.2. The number of alkyl halides is 3. The molecule has 0 spiro atoms. The van der Waals surface area contributed by atoms with Crippen LogP contribution in [0.4, 0.5) is 13.2 Å². The molecule has 1 aromatic heterocycles. The molecule has 7 heteroatoms. The summed E-state index contributed by atoms with van der Waals surface area (Å²) in [5.41, 5.74) is 1.09. The molecule has 3 aliphatic rings. The van der Waals surface area contributed by atoms with Crippen LogP contribution >= 0.6 is 0 Å². The number of cyclic esters (lactones) is 1. The average molecular weight is 484 g/mol. The predicted molar refractivity (Wildman–Crippen MR) is 125 cm³/mol. The van der Waals surface area contributed by atoms with Crippen molar-refractivity contribution in [1.29, 1.82) is 0 Å². The van der Waals surface area contributed by atoms with Crippen molar-refractivity contribution in [3.63, 3.8) is 0 Å². The molecule has 3 fully saturated rings. The number of halogens is 3. The van der Waals surface area contributed by atoms with E-state index in [1.54, 1.807) is 24.4 Å². The van der Waals surface area contributed by atoms with Crippen LogP contribution in [0, 0.1) is 35.5 Å². The van der Waals surface area contributed by atoms with E-state index >= 15 is 0 Å². The third kappa shape index (κ3) is 4.65. The van der Waals surface area contributed by atoms with Crippen LogP contribution in [0.15, 0.2) is 48.7 Å². The number of pyridine rings is 1. The molecule has 7 atom stereocenters. The summed E-state index contributed by atoms with van der Waals surface area (Å²) in [6.45, 7) is 1.96. The quantitative estimate of drug-likeness (QED) is 0.383. The van der Waals surface area contributed by atoms with Gasteiger partial charge in [-0.25, -0.2) is 0 Å². The van der Waals surface area contributed by atoms with Gasteiger partial charge in [-0.3, -0.25) is 9.78 Å². The Morgan fingerprint density at radius 1 is 1.09 bits per heavy atom. The first-order chi connectivity index (χ1) is 16.7. The zero-order valence-corrected chi connectivity index (χ0v) is 19.4. The van der Waals surface area contributed by atoms with E-state index in [0.717, 1.165) is 44.1 Å². The Hall–Kier alpha value is -2.96. The van der Waals surface area contributed by atoms with E-state index in [4.69, 9.17) is 4.74 Å². The van der Waals surface area contributed by atoms with Gasteiger partial charge in [0.05, 0.1) is 17.2 Å². The van der Waals surface area contributed by atoms with Crippen LogP contribution in [0.2, 0.25) is 0 Å². The summed E-state index contributed by atoms with van der Waals surface area (Å²) in [5.74, 6) is 0.778. The third-order valence-corrected chi connectivity index (χ3v) is 8.18. The monoisotopic (exact) mass is 483 g/mol. The minimum Gasteiger partial charge on any atom is -0.462 e. The highest BCUT2D eigenvalue weighted by Gasteiger charge is 2.54. The molecule has 184 valence electrons. The van der Waals surface area contributed by atoms with Gasteiger partial charge in [-0.1, -0.05) is 24.3 Å². The minimum absolute atomic E-state index is 0.0670.